The maximum absolute atomic E-state index is 13.8. The standard InChI is InChI=1S/C28H33N3O5/c1-3-35-23(32)17-31-25-19(2)11-10-16-22(25)24(21-14-8-5-9-15-21)29-26(27(31)33)30-28(34)36-18-20-12-6-4-7-13-20/h4,6-7,10-13,16,21,26H,3,5,8-9,14-15,17-18H2,1-2H3,(H,30,34). The highest BCUT2D eigenvalue weighted by molar-refractivity contribution is 6.15. The van der Waals surface area contributed by atoms with Gasteiger partial charge in [0, 0.05) is 11.5 Å². The zero-order valence-corrected chi connectivity index (χ0v) is 20.9. The number of fused-ring (bicyclic) bond motifs is 1. The second-order valence-electron chi connectivity index (χ2n) is 9.16. The van der Waals surface area contributed by atoms with E-state index in [2.05, 4.69) is 5.32 Å². The molecule has 0 spiro atoms. The van der Waals surface area contributed by atoms with Crippen LogP contribution < -0.4 is 10.2 Å². The number of hydrogen-bond acceptors (Lipinski definition) is 6. The molecule has 1 aliphatic carbocycles. The van der Waals surface area contributed by atoms with Gasteiger partial charge >= 0.3 is 12.1 Å². The van der Waals surface area contributed by atoms with Crippen LogP contribution in [0.1, 0.15) is 55.7 Å². The summed E-state index contributed by atoms with van der Waals surface area (Å²) >= 11 is 0. The number of nitrogens with zero attached hydrogens (tertiary/aromatic N) is 2. The Morgan fingerprint density at radius 2 is 1.78 bits per heavy atom. The SMILES string of the molecule is CCOC(=O)CN1C(=O)C(NC(=O)OCc2ccccc2)N=C(C2CCCCC2)c2cccc(C)c21. The number of rotatable bonds is 7. The van der Waals surface area contributed by atoms with Gasteiger partial charge in [0.25, 0.3) is 5.91 Å². The van der Waals surface area contributed by atoms with Crippen LogP contribution in [0.5, 0.6) is 0 Å². The fraction of sp³-hybridized carbons (Fsp3) is 0.429. The van der Waals surface area contributed by atoms with Crippen LogP contribution in [-0.2, 0) is 25.7 Å². The monoisotopic (exact) mass is 491 g/mol. The molecule has 190 valence electrons. The molecule has 1 fully saturated rings. The minimum atomic E-state index is -1.22. The molecule has 0 aromatic heterocycles. The van der Waals surface area contributed by atoms with Gasteiger partial charge in [0.15, 0.2) is 0 Å². The van der Waals surface area contributed by atoms with Crippen molar-refractivity contribution in [2.75, 3.05) is 18.1 Å². The van der Waals surface area contributed by atoms with Gasteiger partial charge in [-0.2, -0.15) is 0 Å². The van der Waals surface area contributed by atoms with Gasteiger partial charge in [-0.25, -0.2) is 4.79 Å². The number of benzene rings is 2. The van der Waals surface area contributed by atoms with E-state index in [1.807, 2.05) is 55.5 Å². The van der Waals surface area contributed by atoms with Crippen molar-refractivity contribution in [1.82, 2.24) is 5.32 Å². The van der Waals surface area contributed by atoms with E-state index in [4.69, 9.17) is 14.5 Å². The van der Waals surface area contributed by atoms with Crippen LogP contribution in [0.4, 0.5) is 10.5 Å². The molecular formula is C28H33N3O5. The molecular weight excluding hydrogens is 458 g/mol. The number of hydrogen-bond donors (Lipinski definition) is 1. The number of ether oxygens (including phenoxy) is 2. The average Bonchev–Trinajstić information content (AvgIpc) is 3.00. The predicted octanol–water partition coefficient (Wildman–Crippen LogP) is 4.53. The third-order valence-electron chi connectivity index (χ3n) is 6.60. The zero-order valence-electron chi connectivity index (χ0n) is 20.9. The quantitative estimate of drug-likeness (QED) is 0.574. The maximum atomic E-state index is 13.8. The number of amides is 2. The van der Waals surface area contributed by atoms with Gasteiger partial charge in [-0.05, 0) is 37.8 Å². The fourth-order valence-electron chi connectivity index (χ4n) is 4.91. The van der Waals surface area contributed by atoms with Crippen LogP contribution in [0.25, 0.3) is 0 Å². The van der Waals surface area contributed by atoms with E-state index in [0.717, 1.165) is 48.1 Å². The number of alkyl carbamates (subject to hydrolysis) is 1. The third-order valence-corrected chi connectivity index (χ3v) is 6.60. The first kappa shape index (κ1) is 25.4. The summed E-state index contributed by atoms with van der Waals surface area (Å²) in [7, 11) is 0. The summed E-state index contributed by atoms with van der Waals surface area (Å²) in [5.74, 6) is -0.855. The number of nitrogens with one attached hydrogen (secondary N) is 1. The van der Waals surface area contributed by atoms with Crippen molar-refractivity contribution in [3.05, 3.63) is 65.2 Å². The van der Waals surface area contributed by atoms with Crippen LogP contribution in [0.2, 0.25) is 0 Å². The molecule has 1 aliphatic heterocycles. The second-order valence-corrected chi connectivity index (χ2v) is 9.16. The molecule has 1 heterocycles. The highest BCUT2D eigenvalue weighted by atomic mass is 16.5. The lowest BCUT2D eigenvalue weighted by Crippen LogP contribution is -2.49. The van der Waals surface area contributed by atoms with E-state index in [9.17, 15) is 14.4 Å². The maximum Gasteiger partial charge on any atom is 0.409 e. The molecule has 0 radical (unpaired) electrons. The molecule has 1 atom stereocenters. The smallest absolute Gasteiger partial charge is 0.409 e. The normalized spacial score (nSPS) is 18.1. The van der Waals surface area contributed by atoms with E-state index >= 15 is 0 Å². The Bertz CT molecular complexity index is 1130. The van der Waals surface area contributed by atoms with Crippen molar-refractivity contribution >= 4 is 29.4 Å². The largest absolute Gasteiger partial charge is 0.465 e. The third kappa shape index (κ3) is 5.93. The first-order valence-electron chi connectivity index (χ1n) is 12.6. The van der Waals surface area contributed by atoms with E-state index in [1.54, 1.807) is 6.92 Å². The Kier molecular flexibility index (Phi) is 8.36. The highest BCUT2D eigenvalue weighted by Gasteiger charge is 2.37. The van der Waals surface area contributed by atoms with Crippen molar-refractivity contribution < 1.29 is 23.9 Å². The Morgan fingerprint density at radius 1 is 1.03 bits per heavy atom. The molecule has 2 aromatic carbocycles. The first-order valence-corrected chi connectivity index (χ1v) is 12.6. The van der Waals surface area contributed by atoms with Crippen molar-refractivity contribution in [1.29, 1.82) is 0 Å². The summed E-state index contributed by atoms with van der Waals surface area (Å²) in [4.78, 5) is 45.2. The van der Waals surface area contributed by atoms with Crippen LogP contribution >= 0.6 is 0 Å². The van der Waals surface area contributed by atoms with Gasteiger partial charge in [0.2, 0.25) is 6.17 Å². The summed E-state index contributed by atoms with van der Waals surface area (Å²) in [6.45, 7) is 3.63. The Morgan fingerprint density at radius 3 is 2.50 bits per heavy atom. The van der Waals surface area contributed by atoms with E-state index in [-0.39, 0.29) is 25.7 Å². The molecule has 2 amide bonds. The fourth-order valence-corrected chi connectivity index (χ4v) is 4.91. The van der Waals surface area contributed by atoms with Crippen molar-refractivity contribution in [2.24, 2.45) is 10.9 Å². The lowest BCUT2D eigenvalue weighted by Gasteiger charge is -2.27. The van der Waals surface area contributed by atoms with Crippen LogP contribution in [0.15, 0.2) is 53.5 Å². The van der Waals surface area contributed by atoms with E-state index in [0.29, 0.717) is 5.69 Å². The lowest BCUT2D eigenvalue weighted by molar-refractivity contribution is -0.142. The molecule has 0 saturated heterocycles. The van der Waals surface area contributed by atoms with Crippen molar-refractivity contribution in [3.8, 4) is 0 Å². The Labute approximate surface area is 211 Å². The molecule has 8 heteroatoms. The summed E-state index contributed by atoms with van der Waals surface area (Å²) in [6.07, 6.45) is 3.30. The van der Waals surface area contributed by atoms with Gasteiger partial charge in [0.05, 0.1) is 18.0 Å². The van der Waals surface area contributed by atoms with Gasteiger partial charge < -0.3 is 9.47 Å². The number of benzodiazepines with no additional fused rings is 1. The Balaban J connectivity index is 1.67. The van der Waals surface area contributed by atoms with Gasteiger partial charge in [-0.3, -0.25) is 24.8 Å². The van der Waals surface area contributed by atoms with E-state index < -0.39 is 24.1 Å². The van der Waals surface area contributed by atoms with E-state index in [1.165, 1.54) is 11.3 Å². The van der Waals surface area contributed by atoms with Crippen molar-refractivity contribution in [3.63, 3.8) is 0 Å². The number of carbonyl (C=O) groups excluding carboxylic acids is 3. The van der Waals surface area contributed by atoms with Crippen LogP contribution in [-0.4, -0.2) is 43.0 Å². The van der Waals surface area contributed by atoms with Gasteiger partial charge in [0.1, 0.15) is 13.2 Å². The Hall–Kier alpha value is -3.68. The summed E-state index contributed by atoms with van der Waals surface area (Å²) in [6, 6.07) is 15.1. The summed E-state index contributed by atoms with van der Waals surface area (Å²) in [5, 5.41) is 2.65. The number of aliphatic imine (C=N–C) groups is 1. The summed E-state index contributed by atoms with van der Waals surface area (Å²) < 4.78 is 10.5. The van der Waals surface area contributed by atoms with Gasteiger partial charge in [-0.1, -0.05) is 67.8 Å². The minimum absolute atomic E-state index is 0.0681. The predicted molar refractivity (Wildman–Crippen MR) is 137 cm³/mol. The molecule has 2 aromatic rings. The molecule has 4 rings (SSSR count). The number of esters is 1. The van der Waals surface area contributed by atoms with Crippen LogP contribution in [0, 0.1) is 12.8 Å². The zero-order chi connectivity index (χ0) is 25.5. The number of anilines is 1. The van der Waals surface area contributed by atoms with Crippen LogP contribution in [0.3, 0.4) is 0 Å². The summed E-state index contributed by atoms with van der Waals surface area (Å²) in [5.41, 5.74) is 3.93. The van der Waals surface area contributed by atoms with Gasteiger partial charge in [-0.15, -0.1) is 0 Å². The minimum Gasteiger partial charge on any atom is -0.465 e. The van der Waals surface area contributed by atoms with Crippen molar-refractivity contribution in [2.45, 2.75) is 58.7 Å². The molecule has 1 saturated carbocycles. The number of carbonyl (C=O) groups is 3. The lowest BCUT2D eigenvalue weighted by atomic mass is 9.82. The molecule has 2 aliphatic rings. The highest BCUT2D eigenvalue weighted by Crippen LogP contribution is 2.35. The number of para-hydroxylation sites is 1. The topological polar surface area (TPSA) is 97.3 Å². The molecule has 1 unspecified atom stereocenters. The molecule has 0 bridgehead atoms. The first-order chi connectivity index (χ1) is 17.5. The molecule has 8 nitrogen and oxygen atoms in total. The molecule has 36 heavy (non-hydrogen) atoms. The molecule has 1 N–H and O–H groups in total. The average molecular weight is 492 g/mol. The second kappa shape index (κ2) is 11.8. The number of aryl methyl sites for hydroxylation is 1.